The van der Waals surface area contributed by atoms with Crippen molar-refractivity contribution in [1.29, 1.82) is 0 Å². The average Bonchev–Trinajstić information content (AvgIpc) is 2.89. The van der Waals surface area contributed by atoms with Gasteiger partial charge in [-0.05, 0) is 24.3 Å². The fourth-order valence-corrected chi connectivity index (χ4v) is 1.61. The summed E-state index contributed by atoms with van der Waals surface area (Å²) >= 11 is 0. The van der Waals surface area contributed by atoms with Crippen LogP contribution in [0, 0.1) is 0 Å². The number of benzene rings is 1. The van der Waals surface area contributed by atoms with E-state index in [0.717, 1.165) is 17.1 Å². The van der Waals surface area contributed by atoms with Gasteiger partial charge in [-0.1, -0.05) is 0 Å². The monoisotopic (exact) mass is 232 g/mol. The van der Waals surface area contributed by atoms with E-state index in [2.05, 4.69) is 5.43 Å². The largest absolute Gasteiger partial charge is 0.497 e. The lowest BCUT2D eigenvalue weighted by molar-refractivity contribution is 0.391. The normalized spacial score (nSPS) is 10.0. The van der Waals surface area contributed by atoms with Crippen molar-refractivity contribution in [2.75, 3.05) is 19.6 Å². The summed E-state index contributed by atoms with van der Waals surface area (Å²) in [6.45, 7) is 0.696. The summed E-state index contributed by atoms with van der Waals surface area (Å²) < 4.78 is 12.4. The highest BCUT2D eigenvalue weighted by atomic mass is 16.5. The fourth-order valence-electron chi connectivity index (χ4n) is 1.61. The van der Waals surface area contributed by atoms with Gasteiger partial charge in [-0.3, -0.25) is 4.68 Å². The van der Waals surface area contributed by atoms with E-state index >= 15 is 0 Å². The maximum atomic E-state index is 5.33. The molecule has 1 aromatic heterocycles. The minimum absolute atomic E-state index is 0.696. The molecular formula is C13H16N2O2. The summed E-state index contributed by atoms with van der Waals surface area (Å²) in [5, 5.41) is 0. The van der Waals surface area contributed by atoms with Gasteiger partial charge in [0.05, 0.1) is 20.8 Å². The first-order valence-electron chi connectivity index (χ1n) is 5.41. The molecule has 0 aliphatic carbocycles. The number of aromatic nitrogens is 1. The van der Waals surface area contributed by atoms with Gasteiger partial charge in [0.1, 0.15) is 11.5 Å². The highest BCUT2D eigenvalue weighted by Gasteiger charge is 2.04. The van der Waals surface area contributed by atoms with Crippen molar-refractivity contribution in [1.82, 2.24) is 4.68 Å². The van der Waals surface area contributed by atoms with Crippen molar-refractivity contribution in [3.8, 4) is 11.5 Å². The lowest BCUT2D eigenvalue weighted by Crippen LogP contribution is -2.12. The highest BCUT2D eigenvalue weighted by molar-refractivity contribution is 5.41. The number of hydrogen-bond donors (Lipinski definition) is 1. The minimum Gasteiger partial charge on any atom is -0.497 e. The first-order chi connectivity index (χ1) is 8.33. The van der Waals surface area contributed by atoms with E-state index in [1.54, 1.807) is 14.2 Å². The molecule has 2 aromatic rings. The third-order valence-electron chi connectivity index (χ3n) is 2.55. The number of nitrogens with zero attached hydrogens (tertiary/aromatic N) is 1. The summed E-state index contributed by atoms with van der Waals surface area (Å²) in [6, 6.07) is 9.74. The van der Waals surface area contributed by atoms with Gasteiger partial charge in [-0.2, -0.15) is 0 Å². The van der Waals surface area contributed by atoms with Crippen molar-refractivity contribution in [2.24, 2.45) is 0 Å². The maximum Gasteiger partial charge on any atom is 0.127 e. The van der Waals surface area contributed by atoms with Crippen molar-refractivity contribution in [2.45, 2.75) is 6.54 Å². The average molecular weight is 232 g/mol. The van der Waals surface area contributed by atoms with Gasteiger partial charge in [0.25, 0.3) is 0 Å². The second kappa shape index (κ2) is 5.30. The van der Waals surface area contributed by atoms with Crippen LogP contribution in [0.4, 0.5) is 0 Å². The van der Waals surface area contributed by atoms with Crippen LogP contribution < -0.4 is 14.9 Å². The van der Waals surface area contributed by atoms with Gasteiger partial charge in [0, 0.05) is 24.0 Å². The van der Waals surface area contributed by atoms with E-state index in [0.29, 0.717) is 6.54 Å². The molecule has 1 heterocycles. The Morgan fingerprint density at radius 3 is 2.53 bits per heavy atom. The molecule has 4 heteroatoms. The molecule has 0 aliphatic heterocycles. The first kappa shape index (κ1) is 11.4. The van der Waals surface area contributed by atoms with E-state index in [4.69, 9.17) is 9.47 Å². The summed E-state index contributed by atoms with van der Waals surface area (Å²) in [5.74, 6) is 1.62. The molecule has 0 radical (unpaired) electrons. The molecule has 90 valence electrons. The van der Waals surface area contributed by atoms with Gasteiger partial charge < -0.3 is 14.9 Å². The summed E-state index contributed by atoms with van der Waals surface area (Å²) in [4.78, 5) is 0. The molecule has 0 atom stereocenters. The number of ether oxygens (including phenoxy) is 2. The number of rotatable bonds is 5. The standard InChI is InChI=1S/C13H16N2O2/c1-16-12-6-5-11(13(9-12)17-2)10-14-15-7-3-4-8-15/h3-9,14H,10H2,1-2H3. The van der Waals surface area contributed by atoms with Crippen molar-refractivity contribution < 1.29 is 9.47 Å². The van der Waals surface area contributed by atoms with Crippen molar-refractivity contribution in [3.63, 3.8) is 0 Å². The molecule has 0 aliphatic rings. The molecular weight excluding hydrogens is 216 g/mol. The molecule has 0 unspecified atom stereocenters. The minimum atomic E-state index is 0.696. The Labute approximate surface area is 101 Å². The molecule has 2 rings (SSSR count). The highest BCUT2D eigenvalue weighted by Crippen LogP contribution is 2.24. The Balaban J connectivity index is 2.09. The molecule has 1 N–H and O–H groups in total. The van der Waals surface area contributed by atoms with Crippen LogP contribution in [0.15, 0.2) is 42.7 Å². The maximum absolute atomic E-state index is 5.33. The van der Waals surface area contributed by atoms with E-state index in [1.165, 1.54) is 0 Å². The lowest BCUT2D eigenvalue weighted by Gasteiger charge is -2.12. The zero-order valence-electron chi connectivity index (χ0n) is 10.0. The molecule has 0 fully saturated rings. The van der Waals surface area contributed by atoms with Crippen molar-refractivity contribution in [3.05, 3.63) is 48.3 Å². The van der Waals surface area contributed by atoms with Crippen LogP contribution in [0.3, 0.4) is 0 Å². The molecule has 0 saturated heterocycles. The third kappa shape index (κ3) is 2.72. The predicted molar refractivity (Wildman–Crippen MR) is 67.0 cm³/mol. The number of hydrogen-bond acceptors (Lipinski definition) is 3. The number of methoxy groups -OCH3 is 2. The summed E-state index contributed by atoms with van der Waals surface area (Å²) in [5.41, 5.74) is 4.33. The second-order valence-corrected chi connectivity index (χ2v) is 3.60. The van der Waals surface area contributed by atoms with Gasteiger partial charge in [0.2, 0.25) is 0 Å². The summed E-state index contributed by atoms with van der Waals surface area (Å²) in [7, 11) is 3.31. The van der Waals surface area contributed by atoms with Gasteiger partial charge in [0.15, 0.2) is 0 Å². The van der Waals surface area contributed by atoms with Crippen LogP contribution in [-0.4, -0.2) is 18.9 Å². The van der Waals surface area contributed by atoms with E-state index in [1.807, 2.05) is 47.4 Å². The topological polar surface area (TPSA) is 35.4 Å². The Morgan fingerprint density at radius 1 is 1.12 bits per heavy atom. The van der Waals surface area contributed by atoms with Gasteiger partial charge >= 0.3 is 0 Å². The zero-order chi connectivity index (χ0) is 12.1. The predicted octanol–water partition coefficient (Wildman–Crippen LogP) is 2.25. The molecule has 0 bridgehead atoms. The van der Waals surface area contributed by atoms with E-state index in [-0.39, 0.29) is 0 Å². The first-order valence-corrected chi connectivity index (χ1v) is 5.41. The van der Waals surface area contributed by atoms with Gasteiger partial charge in [-0.15, -0.1) is 0 Å². The molecule has 4 nitrogen and oxygen atoms in total. The quantitative estimate of drug-likeness (QED) is 0.858. The van der Waals surface area contributed by atoms with Crippen LogP contribution in [0.25, 0.3) is 0 Å². The molecule has 0 amide bonds. The molecule has 1 aromatic carbocycles. The van der Waals surface area contributed by atoms with Crippen molar-refractivity contribution >= 4 is 0 Å². The molecule has 0 spiro atoms. The zero-order valence-corrected chi connectivity index (χ0v) is 10.0. The Hall–Kier alpha value is -2.10. The number of nitrogens with one attached hydrogen (secondary N) is 1. The second-order valence-electron chi connectivity index (χ2n) is 3.60. The van der Waals surface area contributed by atoms with Crippen LogP contribution in [0.2, 0.25) is 0 Å². The molecule has 17 heavy (non-hydrogen) atoms. The smallest absolute Gasteiger partial charge is 0.127 e. The summed E-state index contributed by atoms with van der Waals surface area (Å²) in [6.07, 6.45) is 3.91. The third-order valence-corrected chi connectivity index (χ3v) is 2.55. The molecule has 0 saturated carbocycles. The van der Waals surface area contributed by atoms with E-state index in [9.17, 15) is 0 Å². The fraction of sp³-hybridized carbons (Fsp3) is 0.231. The Kier molecular flexibility index (Phi) is 3.55. The lowest BCUT2D eigenvalue weighted by atomic mass is 10.2. The van der Waals surface area contributed by atoms with Crippen LogP contribution in [-0.2, 0) is 6.54 Å². The van der Waals surface area contributed by atoms with Crippen LogP contribution in [0.5, 0.6) is 11.5 Å². The van der Waals surface area contributed by atoms with E-state index < -0.39 is 0 Å². The van der Waals surface area contributed by atoms with Crippen LogP contribution in [0.1, 0.15) is 5.56 Å². The van der Waals surface area contributed by atoms with Gasteiger partial charge in [-0.25, -0.2) is 0 Å². The van der Waals surface area contributed by atoms with Crippen LogP contribution >= 0.6 is 0 Å². The Bertz CT molecular complexity index is 466. The SMILES string of the molecule is COc1ccc(CNn2cccc2)c(OC)c1. The Morgan fingerprint density at radius 2 is 1.88 bits per heavy atom.